The number of hydrogen-bond donors (Lipinski definition) is 1. The molecule has 0 fully saturated rings. The van der Waals surface area contributed by atoms with E-state index in [0.29, 0.717) is 11.1 Å². The molecular formula is C14H14F2O4. The van der Waals surface area contributed by atoms with Crippen molar-refractivity contribution < 1.29 is 28.2 Å². The number of rotatable bonds is 6. The van der Waals surface area contributed by atoms with Gasteiger partial charge in [-0.2, -0.15) is 0 Å². The predicted octanol–water partition coefficient (Wildman–Crippen LogP) is 2.83. The molecule has 108 valence electrons. The van der Waals surface area contributed by atoms with Crippen LogP contribution < -0.4 is 0 Å². The molecule has 0 bridgehead atoms. The first kappa shape index (κ1) is 15.8. The number of carbonyl (C=O) groups is 2. The molecule has 0 aliphatic heterocycles. The van der Waals surface area contributed by atoms with E-state index in [1.165, 1.54) is 31.4 Å². The highest BCUT2D eigenvalue weighted by atomic mass is 19.3. The lowest BCUT2D eigenvalue weighted by atomic mass is 10.00. The summed E-state index contributed by atoms with van der Waals surface area (Å²) in [7, 11) is 1.22. The quantitative estimate of drug-likeness (QED) is 0.644. The number of hydrogen-bond acceptors (Lipinski definition) is 3. The molecular weight excluding hydrogens is 270 g/mol. The summed E-state index contributed by atoms with van der Waals surface area (Å²) in [6.07, 6.45) is -0.329. The minimum atomic E-state index is -2.65. The monoisotopic (exact) mass is 284 g/mol. The van der Waals surface area contributed by atoms with Crippen LogP contribution in [0.15, 0.2) is 24.3 Å². The molecule has 20 heavy (non-hydrogen) atoms. The number of aryl methyl sites for hydroxylation is 1. The summed E-state index contributed by atoms with van der Waals surface area (Å²) in [4.78, 5) is 21.5. The van der Waals surface area contributed by atoms with Crippen molar-refractivity contribution in [2.45, 2.75) is 19.3 Å². The average Bonchev–Trinajstić information content (AvgIpc) is 2.42. The Morgan fingerprint density at radius 2 is 2.10 bits per heavy atom. The zero-order chi connectivity index (χ0) is 15.1. The lowest BCUT2D eigenvalue weighted by Gasteiger charge is -2.09. The van der Waals surface area contributed by atoms with E-state index in [1.807, 2.05) is 0 Å². The van der Waals surface area contributed by atoms with Gasteiger partial charge in [-0.15, -0.1) is 0 Å². The number of carboxylic acids is 1. The van der Waals surface area contributed by atoms with E-state index < -0.39 is 18.4 Å². The molecule has 0 spiro atoms. The van der Waals surface area contributed by atoms with Crippen molar-refractivity contribution in [2.24, 2.45) is 0 Å². The fourth-order valence-electron chi connectivity index (χ4n) is 1.67. The third-order valence-corrected chi connectivity index (χ3v) is 2.65. The van der Waals surface area contributed by atoms with Crippen molar-refractivity contribution in [3.63, 3.8) is 0 Å². The first-order valence-corrected chi connectivity index (χ1v) is 5.83. The molecule has 1 rings (SSSR count). The molecule has 0 unspecified atom stereocenters. The summed E-state index contributed by atoms with van der Waals surface area (Å²) in [5.41, 5.74) is 0.621. The molecule has 6 heteroatoms. The number of ether oxygens (including phenoxy) is 1. The Hall–Kier alpha value is -2.24. The number of benzene rings is 1. The average molecular weight is 284 g/mol. The summed E-state index contributed by atoms with van der Waals surface area (Å²) < 4.78 is 30.2. The van der Waals surface area contributed by atoms with Gasteiger partial charge in [0.25, 0.3) is 6.43 Å². The normalized spacial score (nSPS) is 11.0. The van der Waals surface area contributed by atoms with Crippen molar-refractivity contribution in [1.29, 1.82) is 0 Å². The van der Waals surface area contributed by atoms with Crippen LogP contribution in [-0.2, 0) is 20.7 Å². The van der Waals surface area contributed by atoms with Gasteiger partial charge in [-0.25, -0.2) is 13.6 Å². The van der Waals surface area contributed by atoms with E-state index in [0.717, 1.165) is 6.08 Å². The number of alkyl halides is 2. The molecule has 1 N–H and O–H groups in total. The first-order valence-electron chi connectivity index (χ1n) is 5.83. The molecule has 0 amide bonds. The van der Waals surface area contributed by atoms with Gasteiger partial charge in [0, 0.05) is 18.1 Å². The maximum absolute atomic E-state index is 12.9. The highest BCUT2D eigenvalue weighted by molar-refractivity contribution is 5.85. The molecule has 0 heterocycles. The van der Waals surface area contributed by atoms with Crippen molar-refractivity contribution in [3.05, 3.63) is 41.0 Å². The summed E-state index contributed by atoms with van der Waals surface area (Å²) in [5.74, 6) is -1.62. The van der Waals surface area contributed by atoms with Crippen LogP contribution in [0.4, 0.5) is 8.78 Å². The molecule has 1 aromatic rings. The van der Waals surface area contributed by atoms with Crippen LogP contribution >= 0.6 is 0 Å². The fourth-order valence-corrected chi connectivity index (χ4v) is 1.67. The maximum Gasteiger partial charge on any atom is 0.328 e. The third kappa shape index (κ3) is 4.79. The molecule has 1 aromatic carbocycles. The van der Waals surface area contributed by atoms with E-state index in [4.69, 9.17) is 5.11 Å². The van der Waals surface area contributed by atoms with Crippen LogP contribution in [0.5, 0.6) is 0 Å². The Bertz CT molecular complexity index is 524. The molecule has 4 nitrogen and oxygen atoms in total. The van der Waals surface area contributed by atoms with E-state index in [-0.39, 0.29) is 18.4 Å². The number of esters is 1. The maximum atomic E-state index is 12.9. The number of methoxy groups -OCH3 is 1. The number of aliphatic carboxylic acids is 1. The Morgan fingerprint density at radius 1 is 1.40 bits per heavy atom. The van der Waals surface area contributed by atoms with E-state index in [9.17, 15) is 18.4 Å². The lowest BCUT2D eigenvalue weighted by molar-refractivity contribution is -0.140. The molecule has 0 aliphatic rings. The van der Waals surface area contributed by atoms with E-state index >= 15 is 0 Å². The molecule has 0 aliphatic carbocycles. The van der Waals surface area contributed by atoms with Crippen molar-refractivity contribution >= 4 is 18.0 Å². The minimum Gasteiger partial charge on any atom is -0.478 e. The van der Waals surface area contributed by atoms with Gasteiger partial charge in [-0.1, -0.05) is 18.2 Å². The van der Waals surface area contributed by atoms with Gasteiger partial charge in [0.05, 0.1) is 7.11 Å². The molecule has 0 saturated carbocycles. The highest BCUT2D eigenvalue weighted by Crippen LogP contribution is 2.25. The van der Waals surface area contributed by atoms with Crippen molar-refractivity contribution in [1.82, 2.24) is 0 Å². The second-order valence-corrected chi connectivity index (χ2v) is 4.01. The first-order chi connectivity index (χ1) is 9.43. The van der Waals surface area contributed by atoms with Gasteiger partial charge < -0.3 is 9.84 Å². The summed E-state index contributed by atoms with van der Waals surface area (Å²) in [6, 6.07) is 4.09. The molecule has 0 aromatic heterocycles. The standard InChI is InChI=1S/C14H14F2O4/c1-20-13(19)7-4-10-8-9(3-6-12(17)18)2-5-11(10)14(15)16/h2-3,5-6,8,14H,4,7H2,1H3,(H,17,18)/b6-3+. The zero-order valence-electron chi connectivity index (χ0n) is 10.8. The fraction of sp³-hybridized carbons (Fsp3) is 0.286. The summed E-state index contributed by atoms with van der Waals surface area (Å²) >= 11 is 0. The topological polar surface area (TPSA) is 63.6 Å². The van der Waals surface area contributed by atoms with Crippen LogP contribution in [0.1, 0.15) is 29.5 Å². The van der Waals surface area contributed by atoms with Crippen LogP contribution in [0, 0.1) is 0 Å². The molecule has 0 atom stereocenters. The summed E-state index contributed by atoms with van der Waals surface area (Å²) in [5, 5.41) is 8.53. The number of carboxylic acid groups (broad SMARTS) is 1. The Labute approximate surface area is 114 Å². The predicted molar refractivity (Wildman–Crippen MR) is 68.4 cm³/mol. The van der Waals surface area contributed by atoms with Gasteiger partial charge in [-0.05, 0) is 23.6 Å². The largest absolute Gasteiger partial charge is 0.478 e. The van der Waals surface area contributed by atoms with Gasteiger partial charge in [0.2, 0.25) is 0 Å². The van der Waals surface area contributed by atoms with Gasteiger partial charge in [0.1, 0.15) is 0 Å². The SMILES string of the molecule is COC(=O)CCc1cc(/C=C/C(=O)O)ccc1C(F)F. The van der Waals surface area contributed by atoms with Crippen LogP contribution in [-0.4, -0.2) is 24.2 Å². The van der Waals surface area contributed by atoms with E-state index in [2.05, 4.69) is 4.74 Å². The van der Waals surface area contributed by atoms with Gasteiger partial charge in [-0.3, -0.25) is 4.79 Å². The van der Waals surface area contributed by atoms with Crippen molar-refractivity contribution in [3.8, 4) is 0 Å². The number of halogens is 2. The lowest BCUT2D eigenvalue weighted by Crippen LogP contribution is -2.04. The zero-order valence-corrected chi connectivity index (χ0v) is 10.8. The Kier molecular flexibility index (Phi) is 5.83. The Balaban J connectivity index is 2.99. The van der Waals surface area contributed by atoms with Crippen LogP contribution in [0.25, 0.3) is 6.08 Å². The summed E-state index contributed by atoms with van der Waals surface area (Å²) in [6.45, 7) is 0. The second kappa shape index (κ2) is 7.37. The smallest absolute Gasteiger partial charge is 0.328 e. The molecule has 0 saturated heterocycles. The Morgan fingerprint density at radius 3 is 2.65 bits per heavy atom. The van der Waals surface area contributed by atoms with Gasteiger partial charge in [0.15, 0.2) is 0 Å². The third-order valence-electron chi connectivity index (χ3n) is 2.65. The van der Waals surface area contributed by atoms with Crippen LogP contribution in [0.3, 0.4) is 0 Å². The minimum absolute atomic E-state index is 0.0116. The van der Waals surface area contributed by atoms with Crippen LogP contribution in [0.2, 0.25) is 0 Å². The van der Waals surface area contributed by atoms with Crippen molar-refractivity contribution in [2.75, 3.05) is 7.11 Å². The highest BCUT2D eigenvalue weighted by Gasteiger charge is 2.14. The number of carbonyl (C=O) groups excluding carboxylic acids is 1. The second-order valence-electron chi connectivity index (χ2n) is 4.01. The van der Waals surface area contributed by atoms with E-state index in [1.54, 1.807) is 0 Å². The van der Waals surface area contributed by atoms with Gasteiger partial charge >= 0.3 is 11.9 Å². The molecule has 0 radical (unpaired) electrons.